The number of hydrogen-bond donors (Lipinski definition) is 0. The van der Waals surface area contributed by atoms with Crippen LogP contribution >= 0.6 is 0 Å². The van der Waals surface area contributed by atoms with Crippen LogP contribution in [0.4, 0.5) is 5.69 Å². The van der Waals surface area contributed by atoms with Gasteiger partial charge in [-0.1, -0.05) is 0 Å². The summed E-state index contributed by atoms with van der Waals surface area (Å²) in [7, 11) is 0.868. The van der Waals surface area contributed by atoms with Crippen LogP contribution in [0.3, 0.4) is 0 Å². The predicted molar refractivity (Wildman–Crippen MR) is 71.0 cm³/mol. The Labute approximate surface area is 108 Å². The Kier molecular flexibility index (Phi) is 3.63. The molecule has 0 aromatic carbocycles. The zero-order valence-electron chi connectivity index (χ0n) is 11.1. The highest BCUT2D eigenvalue weighted by molar-refractivity contribution is 7.88. The lowest BCUT2D eigenvalue weighted by Crippen LogP contribution is -2.30. The molecule has 0 amide bonds. The number of rotatable bonds is 4. The van der Waals surface area contributed by atoms with Gasteiger partial charge in [0.1, 0.15) is 0 Å². The fourth-order valence-corrected chi connectivity index (χ4v) is 3.26. The first-order valence-electron chi connectivity index (χ1n) is 6.01. The van der Waals surface area contributed by atoms with Crippen LogP contribution in [0.5, 0.6) is 0 Å². The molecule has 102 valence electrons. The van der Waals surface area contributed by atoms with Crippen LogP contribution in [-0.2, 0) is 17.1 Å². The van der Waals surface area contributed by atoms with Crippen molar-refractivity contribution < 1.29 is 8.42 Å². The highest BCUT2D eigenvalue weighted by Crippen LogP contribution is 2.21. The molecule has 1 aromatic rings. The SMILES string of the molecule is CN(CC1CCN(S(C)(=O)=O)C1)c1cnn(C)c1. The first kappa shape index (κ1) is 13.4. The van der Waals surface area contributed by atoms with Gasteiger partial charge in [0.25, 0.3) is 0 Å². The van der Waals surface area contributed by atoms with Gasteiger partial charge in [-0.25, -0.2) is 12.7 Å². The molecule has 1 aliphatic rings. The molecule has 0 radical (unpaired) electrons. The molecular formula is C11H20N4O2S. The normalized spacial score (nSPS) is 21.4. The maximum Gasteiger partial charge on any atom is 0.211 e. The van der Waals surface area contributed by atoms with Crippen molar-refractivity contribution >= 4 is 15.7 Å². The van der Waals surface area contributed by atoms with E-state index in [0.29, 0.717) is 19.0 Å². The van der Waals surface area contributed by atoms with Crippen LogP contribution in [0.1, 0.15) is 6.42 Å². The molecule has 1 unspecified atom stereocenters. The van der Waals surface area contributed by atoms with Crippen molar-refractivity contribution in [2.45, 2.75) is 6.42 Å². The van der Waals surface area contributed by atoms with Crippen molar-refractivity contribution in [2.24, 2.45) is 13.0 Å². The summed E-state index contributed by atoms with van der Waals surface area (Å²) in [6.45, 7) is 2.13. The van der Waals surface area contributed by atoms with E-state index in [0.717, 1.165) is 18.7 Å². The number of aryl methyl sites for hydroxylation is 1. The van der Waals surface area contributed by atoms with E-state index >= 15 is 0 Å². The molecule has 1 fully saturated rings. The zero-order valence-corrected chi connectivity index (χ0v) is 11.9. The van der Waals surface area contributed by atoms with Crippen molar-refractivity contribution in [1.29, 1.82) is 0 Å². The molecule has 1 aliphatic heterocycles. The van der Waals surface area contributed by atoms with Crippen LogP contribution in [0.25, 0.3) is 0 Å². The van der Waals surface area contributed by atoms with Crippen LogP contribution < -0.4 is 4.90 Å². The average molecular weight is 272 g/mol. The van der Waals surface area contributed by atoms with Gasteiger partial charge in [-0.3, -0.25) is 4.68 Å². The van der Waals surface area contributed by atoms with Gasteiger partial charge < -0.3 is 4.90 Å². The molecule has 0 aliphatic carbocycles. The minimum Gasteiger partial charge on any atom is -0.372 e. The Balaban J connectivity index is 1.92. The van der Waals surface area contributed by atoms with Crippen molar-refractivity contribution in [2.75, 3.05) is 37.8 Å². The first-order chi connectivity index (χ1) is 8.36. The summed E-state index contributed by atoms with van der Waals surface area (Å²) >= 11 is 0. The summed E-state index contributed by atoms with van der Waals surface area (Å²) in [5.74, 6) is 0.393. The van der Waals surface area contributed by atoms with E-state index in [4.69, 9.17) is 0 Å². The second kappa shape index (κ2) is 4.89. The third kappa shape index (κ3) is 3.02. The highest BCUT2D eigenvalue weighted by Gasteiger charge is 2.29. The molecule has 1 saturated heterocycles. The molecule has 2 rings (SSSR count). The summed E-state index contributed by atoms with van der Waals surface area (Å²) < 4.78 is 26.2. The molecule has 1 atom stereocenters. The van der Waals surface area contributed by atoms with Crippen molar-refractivity contribution in [1.82, 2.24) is 14.1 Å². The molecule has 0 bridgehead atoms. The lowest BCUT2D eigenvalue weighted by Gasteiger charge is -2.21. The van der Waals surface area contributed by atoms with Crippen molar-refractivity contribution in [3.8, 4) is 0 Å². The maximum absolute atomic E-state index is 11.4. The zero-order chi connectivity index (χ0) is 13.3. The Hall–Kier alpha value is -1.08. The fourth-order valence-electron chi connectivity index (χ4n) is 2.35. The monoisotopic (exact) mass is 272 g/mol. The fraction of sp³-hybridized carbons (Fsp3) is 0.727. The maximum atomic E-state index is 11.4. The van der Waals surface area contributed by atoms with E-state index < -0.39 is 10.0 Å². The lowest BCUT2D eigenvalue weighted by atomic mass is 10.1. The predicted octanol–water partition coefficient (Wildman–Crippen LogP) is 0.138. The van der Waals surface area contributed by atoms with E-state index in [2.05, 4.69) is 10.00 Å². The Bertz CT molecular complexity index is 511. The first-order valence-corrected chi connectivity index (χ1v) is 7.86. The molecule has 18 heavy (non-hydrogen) atoms. The minimum absolute atomic E-state index is 0.393. The number of anilines is 1. The van der Waals surface area contributed by atoms with Crippen LogP contribution in [0.2, 0.25) is 0 Å². The quantitative estimate of drug-likeness (QED) is 0.782. The second-order valence-electron chi connectivity index (χ2n) is 5.03. The molecule has 0 spiro atoms. The average Bonchev–Trinajstić information content (AvgIpc) is 2.85. The number of sulfonamides is 1. The van der Waals surface area contributed by atoms with Gasteiger partial charge >= 0.3 is 0 Å². The van der Waals surface area contributed by atoms with E-state index in [-0.39, 0.29) is 0 Å². The van der Waals surface area contributed by atoms with Gasteiger partial charge in [-0.05, 0) is 12.3 Å². The van der Waals surface area contributed by atoms with Gasteiger partial charge in [0.05, 0.1) is 18.1 Å². The van der Waals surface area contributed by atoms with Crippen molar-refractivity contribution in [3.63, 3.8) is 0 Å². The topological polar surface area (TPSA) is 58.4 Å². The van der Waals surface area contributed by atoms with Crippen LogP contribution in [0.15, 0.2) is 12.4 Å². The Morgan fingerprint density at radius 1 is 1.56 bits per heavy atom. The standard InChI is InChI=1S/C11H20N4O2S/c1-13(11-6-12-14(2)9-11)7-10-4-5-15(8-10)18(3,16)17/h6,9-10H,4-5,7-8H2,1-3H3. The lowest BCUT2D eigenvalue weighted by molar-refractivity contribution is 0.461. The highest BCUT2D eigenvalue weighted by atomic mass is 32.2. The third-order valence-corrected chi connectivity index (χ3v) is 4.65. The molecule has 2 heterocycles. The number of hydrogen-bond acceptors (Lipinski definition) is 4. The Morgan fingerprint density at radius 3 is 2.78 bits per heavy atom. The summed E-state index contributed by atoms with van der Waals surface area (Å²) in [6, 6.07) is 0. The number of aromatic nitrogens is 2. The smallest absolute Gasteiger partial charge is 0.211 e. The molecule has 0 N–H and O–H groups in total. The van der Waals surface area contributed by atoms with Gasteiger partial charge in [0.15, 0.2) is 0 Å². The third-order valence-electron chi connectivity index (χ3n) is 3.38. The second-order valence-corrected chi connectivity index (χ2v) is 7.01. The Morgan fingerprint density at radius 2 is 2.28 bits per heavy atom. The summed E-state index contributed by atoms with van der Waals surface area (Å²) in [6.07, 6.45) is 5.99. The van der Waals surface area contributed by atoms with Crippen molar-refractivity contribution in [3.05, 3.63) is 12.4 Å². The van der Waals surface area contributed by atoms with E-state index in [1.165, 1.54) is 6.26 Å². The van der Waals surface area contributed by atoms with E-state index in [1.54, 1.807) is 8.99 Å². The van der Waals surface area contributed by atoms with Gasteiger partial charge in [0.2, 0.25) is 10.0 Å². The molecule has 7 heteroatoms. The molecular weight excluding hydrogens is 252 g/mol. The van der Waals surface area contributed by atoms with E-state index in [1.807, 2.05) is 26.5 Å². The molecule has 0 saturated carbocycles. The van der Waals surface area contributed by atoms with Gasteiger partial charge in [-0.2, -0.15) is 5.10 Å². The molecule has 6 nitrogen and oxygen atoms in total. The van der Waals surface area contributed by atoms with Crippen LogP contribution in [0, 0.1) is 5.92 Å². The summed E-state index contributed by atoms with van der Waals surface area (Å²) in [5, 5.41) is 4.14. The van der Waals surface area contributed by atoms with Gasteiger partial charge in [0, 0.05) is 39.9 Å². The summed E-state index contributed by atoms with van der Waals surface area (Å²) in [5.41, 5.74) is 1.07. The van der Waals surface area contributed by atoms with E-state index in [9.17, 15) is 8.42 Å². The number of nitrogens with zero attached hydrogens (tertiary/aromatic N) is 4. The minimum atomic E-state index is -3.03. The van der Waals surface area contributed by atoms with Crippen LogP contribution in [-0.4, -0.2) is 55.4 Å². The summed E-state index contributed by atoms with van der Waals surface area (Å²) in [4.78, 5) is 2.13. The molecule has 1 aromatic heterocycles. The van der Waals surface area contributed by atoms with Gasteiger partial charge in [-0.15, -0.1) is 0 Å². The largest absolute Gasteiger partial charge is 0.372 e.